The van der Waals surface area contributed by atoms with E-state index in [-0.39, 0.29) is 0 Å². The average molecular weight is 308 g/mol. The van der Waals surface area contributed by atoms with Gasteiger partial charge in [-0.3, -0.25) is 0 Å². The molecule has 1 N–H and O–H groups in total. The Morgan fingerprint density at radius 1 is 1.33 bits per heavy atom. The first kappa shape index (κ1) is 19.3. The number of aldehydes is 1. The van der Waals surface area contributed by atoms with E-state index in [1.807, 2.05) is 54.0 Å². The summed E-state index contributed by atoms with van der Waals surface area (Å²) in [6.07, 6.45) is 12.4. The number of hydrogen-bond donors (Lipinski definition) is 2. The Bertz CT molecular complexity index is 465. The van der Waals surface area contributed by atoms with E-state index in [1.165, 1.54) is 0 Å². The van der Waals surface area contributed by atoms with Gasteiger partial charge in [0, 0.05) is 7.11 Å². The molecular weight excluding hydrogens is 284 g/mol. The van der Waals surface area contributed by atoms with E-state index in [9.17, 15) is 4.79 Å². The molecule has 5 heteroatoms. The van der Waals surface area contributed by atoms with E-state index < -0.39 is 0 Å². The summed E-state index contributed by atoms with van der Waals surface area (Å²) >= 11 is 4.52. The highest BCUT2D eigenvalue weighted by atomic mass is 32.1. The third-order valence-corrected chi connectivity index (χ3v) is 3.12. The lowest BCUT2D eigenvalue weighted by Gasteiger charge is -2.21. The summed E-state index contributed by atoms with van der Waals surface area (Å²) < 4.78 is 0. The topological polar surface area (TPSA) is 43.8 Å². The van der Waals surface area contributed by atoms with Crippen molar-refractivity contribution in [1.29, 1.82) is 0 Å². The zero-order valence-corrected chi connectivity index (χ0v) is 13.8. The lowest BCUT2D eigenvalue weighted by Crippen LogP contribution is -2.27. The van der Waals surface area contributed by atoms with Gasteiger partial charge in [-0.25, -0.2) is 0 Å². The Morgan fingerprint density at radius 2 is 2.00 bits per heavy atom. The molecule has 4 nitrogen and oxygen atoms in total. The summed E-state index contributed by atoms with van der Waals surface area (Å²) in [5.41, 5.74) is 1.95. The molecule has 116 valence electrons. The Kier molecular flexibility index (Phi) is 10.1. The van der Waals surface area contributed by atoms with Crippen molar-refractivity contribution in [2.45, 2.75) is 13.8 Å². The highest BCUT2D eigenvalue weighted by molar-refractivity contribution is 7.84. The van der Waals surface area contributed by atoms with Crippen molar-refractivity contribution >= 4 is 18.9 Å². The smallest absolute Gasteiger partial charge is 0.139 e. The molecule has 0 aliphatic carbocycles. The summed E-state index contributed by atoms with van der Waals surface area (Å²) in [6.45, 7) is 8.70. The van der Waals surface area contributed by atoms with E-state index in [2.05, 4.69) is 19.2 Å². The van der Waals surface area contributed by atoms with Crippen LogP contribution in [0.25, 0.3) is 0 Å². The zero-order valence-electron chi connectivity index (χ0n) is 12.9. The summed E-state index contributed by atoms with van der Waals surface area (Å²) in [5.74, 6) is 0. The van der Waals surface area contributed by atoms with Crippen LogP contribution in [0.2, 0.25) is 0 Å². The molecule has 0 saturated carbocycles. The Labute approximate surface area is 132 Å². The lowest BCUT2D eigenvalue weighted by atomic mass is 10.3. The van der Waals surface area contributed by atoms with Crippen molar-refractivity contribution < 1.29 is 9.90 Å². The molecule has 0 fully saturated rings. The second kappa shape index (κ2) is 11.0. The number of allylic oxidation sites excluding steroid dienone is 6. The first-order chi connectivity index (χ1) is 10.2. The maximum Gasteiger partial charge on any atom is 0.139 e. The average Bonchev–Trinajstić information content (AvgIpc) is 2.85. The molecule has 21 heavy (non-hydrogen) atoms. The first-order valence-electron chi connectivity index (χ1n) is 6.61. The van der Waals surface area contributed by atoms with E-state index in [0.717, 1.165) is 29.8 Å². The Balaban J connectivity index is 0.00000191. The van der Waals surface area contributed by atoms with Crippen LogP contribution >= 0.6 is 12.6 Å². The van der Waals surface area contributed by atoms with E-state index in [0.29, 0.717) is 13.2 Å². The van der Waals surface area contributed by atoms with E-state index in [1.54, 1.807) is 6.08 Å². The molecular formula is C16H24N2O2S. The minimum absolute atomic E-state index is 0.351. The third kappa shape index (κ3) is 5.28. The predicted molar refractivity (Wildman–Crippen MR) is 91.5 cm³/mol. The number of carbonyl (C=O) groups excluding carboxylic acids is 1. The summed E-state index contributed by atoms with van der Waals surface area (Å²) in [4.78, 5) is 14.8. The quantitative estimate of drug-likeness (QED) is 0.450. The Morgan fingerprint density at radius 3 is 2.48 bits per heavy atom. The van der Waals surface area contributed by atoms with Crippen molar-refractivity contribution in [2.24, 2.45) is 0 Å². The SMILES string of the molecule is C=CC1=C(/C=C\C)N(/C(S)=C/C=C\C)CN1CC=O.CO. The Hall–Kier alpha value is -1.72. The van der Waals surface area contributed by atoms with Crippen molar-refractivity contribution in [3.63, 3.8) is 0 Å². The standard InChI is InChI=1S/C15H20N2OS.CH4O/c1-4-7-9-15(19)17-12-16(10-11-18)13(6-3)14(17)8-5-2;1-2/h4-9,11,19H,3,10,12H2,1-2H3;2H,1H3/b7-4-,8-5-,15-9-;. The molecule has 1 aliphatic rings. The molecule has 0 aromatic rings. The molecule has 0 atom stereocenters. The number of nitrogens with zero attached hydrogens (tertiary/aromatic N) is 2. The fourth-order valence-corrected chi connectivity index (χ4v) is 2.16. The predicted octanol–water partition coefficient (Wildman–Crippen LogP) is 2.69. The molecule has 0 amide bonds. The number of rotatable bonds is 6. The van der Waals surface area contributed by atoms with Gasteiger partial charge in [0.2, 0.25) is 0 Å². The maximum atomic E-state index is 10.8. The number of aliphatic hydroxyl groups excluding tert-OH is 1. The van der Waals surface area contributed by atoms with Gasteiger partial charge in [0.25, 0.3) is 0 Å². The van der Waals surface area contributed by atoms with Crippen LogP contribution in [0.4, 0.5) is 0 Å². The largest absolute Gasteiger partial charge is 0.400 e. The normalized spacial score (nSPS) is 15.8. The molecule has 0 aromatic heterocycles. The minimum Gasteiger partial charge on any atom is -0.400 e. The molecule has 0 aromatic carbocycles. The molecule has 1 aliphatic heterocycles. The van der Waals surface area contributed by atoms with Crippen molar-refractivity contribution in [3.05, 3.63) is 59.5 Å². The fraction of sp³-hybridized carbons (Fsp3) is 0.312. The van der Waals surface area contributed by atoms with Crippen LogP contribution in [0.1, 0.15) is 13.8 Å². The van der Waals surface area contributed by atoms with Gasteiger partial charge in [0.1, 0.15) is 6.29 Å². The minimum atomic E-state index is 0.351. The first-order valence-corrected chi connectivity index (χ1v) is 7.06. The third-order valence-electron chi connectivity index (χ3n) is 2.73. The van der Waals surface area contributed by atoms with Gasteiger partial charge in [0.05, 0.1) is 29.6 Å². The summed E-state index contributed by atoms with van der Waals surface area (Å²) in [6, 6.07) is 0. The van der Waals surface area contributed by atoms with Gasteiger partial charge in [-0.05, 0) is 32.1 Å². The van der Waals surface area contributed by atoms with Crippen LogP contribution in [0, 0.1) is 0 Å². The van der Waals surface area contributed by atoms with Crippen LogP contribution < -0.4 is 0 Å². The molecule has 0 saturated heterocycles. The van der Waals surface area contributed by atoms with Gasteiger partial charge in [-0.1, -0.05) is 24.8 Å². The number of thiol groups is 1. The fourth-order valence-electron chi connectivity index (χ4n) is 1.90. The highest BCUT2D eigenvalue weighted by Gasteiger charge is 2.26. The number of hydrogen-bond acceptors (Lipinski definition) is 5. The van der Waals surface area contributed by atoms with Gasteiger partial charge in [0.15, 0.2) is 0 Å². The monoisotopic (exact) mass is 308 g/mol. The van der Waals surface area contributed by atoms with Crippen LogP contribution in [-0.4, -0.2) is 41.5 Å². The summed E-state index contributed by atoms with van der Waals surface area (Å²) in [7, 11) is 1.00. The lowest BCUT2D eigenvalue weighted by molar-refractivity contribution is -0.108. The zero-order chi connectivity index (χ0) is 16.3. The van der Waals surface area contributed by atoms with Crippen molar-refractivity contribution in [2.75, 3.05) is 20.3 Å². The van der Waals surface area contributed by atoms with Crippen LogP contribution in [0.5, 0.6) is 0 Å². The van der Waals surface area contributed by atoms with Crippen LogP contribution in [-0.2, 0) is 4.79 Å². The number of carbonyl (C=O) groups is 1. The van der Waals surface area contributed by atoms with Gasteiger partial charge in [-0.15, -0.1) is 12.6 Å². The van der Waals surface area contributed by atoms with Crippen LogP contribution in [0.3, 0.4) is 0 Å². The second-order valence-electron chi connectivity index (χ2n) is 3.98. The van der Waals surface area contributed by atoms with Gasteiger partial charge >= 0.3 is 0 Å². The van der Waals surface area contributed by atoms with E-state index in [4.69, 9.17) is 5.11 Å². The molecule has 0 radical (unpaired) electrons. The van der Waals surface area contributed by atoms with Gasteiger partial charge in [-0.2, -0.15) is 0 Å². The van der Waals surface area contributed by atoms with Crippen molar-refractivity contribution in [1.82, 2.24) is 9.80 Å². The van der Waals surface area contributed by atoms with Crippen molar-refractivity contribution in [3.8, 4) is 0 Å². The summed E-state index contributed by atoms with van der Waals surface area (Å²) in [5, 5.41) is 7.83. The number of aliphatic hydroxyl groups is 1. The molecule has 1 rings (SSSR count). The maximum absolute atomic E-state index is 10.8. The highest BCUT2D eigenvalue weighted by Crippen LogP contribution is 2.30. The molecule has 0 unspecified atom stereocenters. The van der Waals surface area contributed by atoms with Gasteiger partial charge < -0.3 is 19.7 Å². The molecule has 0 spiro atoms. The van der Waals surface area contributed by atoms with Crippen LogP contribution in [0.15, 0.2) is 59.5 Å². The van der Waals surface area contributed by atoms with E-state index >= 15 is 0 Å². The molecule has 1 heterocycles. The second-order valence-corrected chi connectivity index (χ2v) is 4.44. The molecule has 0 bridgehead atoms.